The second kappa shape index (κ2) is 9.89. The molecule has 0 saturated carbocycles. The lowest BCUT2D eigenvalue weighted by Crippen LogP contribution is -2.36. The maximum Gasteiger partial charge on any atom is 0.273 e. The molecule has 3 aromatic rings. The number of aromatic nitrogens is 2. The number of fused-ring (bicyclic) bond motifs is 1. The summed E-state index contributed by atoms with van der Waals surface area (Å²) in [5.74, 6) is 0.865. The molecule has 5 rings (SSSR count). The Labute approximate surface area is 199 Å². The van der Waals surface area contributed by atoms with Gasteiger partial charge in [0.1, 0.15) is 22.9 Å². The highest BCUT2D eigenvalue weighted by Crippen LogP contribution is 2.45. The van der Waals surface area contributed by atoms with Crippen LogP contribution in [-0.4, -0.2) is 52.0 Å². The Balaban J connectivity index is 1.50. The molecule has 34 heavy (non-hydrogen) atoms. The van der Waals surface area contributed by atoms with Crippen molar-refractivity contribution in [2.24, 2.45) is 0 Å². The second-order valence-electron chi connectivity index (χ2n) is 9.00. The van der Waals surface area contributed by atoms with Crippen LogP contribution in [0.1, 0.15) is 66.7 Å². The first-order valence-corrected chi connectivity index (χ1v) is 12.2. The number of aromatic amines is 1. The molecule has 0 aliphatic carbocycles. The number of H-pyrrole nitrogens is 1. The van der Waals surface area contributed by atoms with Gasteiger partial charge in [0.05, 0.1) is 18.8 Å². The van der Waals surface area contributed by atoms with E-state index in [1.54, 1.807) is 12.1 Å². The van der Waals surface area contributed by atoms with Crippen LogP contribution < -0.4 is 4.74 Å². The Morgan fingerprint density at radius 3 is 2.74 bits per heavy atom. The molecule has 1 amide bonds. The maximum absolute atomic E-state index is 13.5. The molecule has 1 aromatic heterocycles. The van der Waals surface area contributed by atoms with E-state index in [-0.39, 0.29) is 23.8 Å². The lowest BCUT2D eigenvalue weighted by Gasteiger charge is -2.28. The van der Waals surface area contributed by atoms with Gasteiger partial charge in [-0.2, -0.15) is 5.10 Å². The van der Waals surface area contributed by atoms with Crippen molar-refractivity contribution in [2.45, 2.75) is 51.2 Å². The minimum Gasteiger partial charge on any atom is -0.507 e. The fraction of sp³-hybridized carbons (Fsp3) is 0.407. The van der Waals surface area contributed by atoms with Gasteiger partial charge in [0.15, 0.2) is 0 Å². The van der Waals surface area contributed by atoms with E-state index in [0.29, 0.717) is 30.1 Å². The summed E-state index contributed by atoms with van der Waals surface area (Å²) in [5.41, 5.74) is 3.44. The quantitative estimate of drug-likeness (QED) is 0.434. The largest absolute Gasteiger partial charge is 0.507 e. The Hall–Kier alpha value is -3.32. The number of carbonyl (C=O) groups is 1. The first kappa shape index (κ1) is 22.5. The average molecular weight is 462 g/mol. The number of carbonyl (C=O) groups excluding carboxylic acids is 1. The number of hydrogen-bond donors (Lipinski definition) is 2. The molecule has 178 valence electrons. The number of nitrogens with zero attached hydrogens (tertiary/aromatic N) is 2. The Morgan fingerprint density at radius 2 is 2.00 bits per heavy atom. The van der Waals surface area contributed by atoms with Crippen LogP contribution in [0.4, 0.5) is 0 Å². The van der Waals surface area contributed by atoms with E-state index in [1.165, 1.54) is 0 Å². The number of amides is 1. The molecule has 7 heteroatoms. The van der Waals surface area contributed by atoms with Crippen molar-refractivity contribution in [3.8, 4) is 22.8 Å². The zero-order valence-corrected chi connectivity index (χ0v) is 19.5. The van der Waals surface area contributed by atoms with Gasteiger partial charge in [-0.05, 0) is 49.1 Å². The Kier molecular flexibility index (Phi) is 6.54. The van der Waals surface area contributed by atoms with Crippen LogP contribution in [0, 0.1) is 0 Å². The van der Waals surface area contributed by atoms with Gasteiger partial charge in [0.2, 0.25) is 0 Å². The van der Waals surface area contributed by atoms with E-state index in [2.05, 4.69) is 17.1 Å². The molecule has 1 saturated heterocycles. The van der Waals surface area contributed by atoms with E-state index in [4.69, 9.17) is 9.47 Å². The van der Waals surface area contributed by atoms with Gasteiger partial charge in [-0.15, -0.1) is 0 Å². The topological polar surface area (TPSA) is 87.7 Å². The fourth-order valence-corrected chi connectivity index (χ4v) is 4.91. The molecule has 0 radical (unpaired) electrons. The lowest BCUT2D eigenvalue weighted by atomic mass is 9.95. The van der Waals surface area contributed by atoms with Gasteiger partial charge in [-0.25, -0.2) is 0 Å². The van der Waals surface area contributed by atoms with Crippen LogP contribution in [-0.2, 0) is 4.74 Å². The van der Waals surface area contributed by atoms with Crippen molar-refractivity contribution in [1.29, 1.82) is 0 Å². The number of aromatic hydroxyl groups is 1. The van der Waals surface area contributed by atoms with Crippen molar-refractivity contribution < 1.29 is 19.4 Å². The highest BCUT2D eigenvalue weighted by atomic mass is 16.5. The molecule has 3 heterocycles. The number of para-hydroxylation sites is 1. The summed E-state index contributed by atoms with van der Waals surface area (Å²) in [6.07, 6.45) is 5.33. The van der Waals surface area contributed by atoms with Crippen molar-refractivity contribution in [3.05, 3.63) is 65.4 Å². The summed E-state index contributed by atoms with van der Waals surface area (Å²) in [5, 5.41) is 17.9. The first-order chi connectivity index (χ1) is 16.7. The molecular weight excluding hydrogens is 430 g/mol. The average Bonchev–Trinajstić information content (AvgIpc) is 3.58. The van der Waals surface area contributed by atoms with Crippen molar-refractivity contribution in [3.63, 3.8) is 0 Å². The zero-order chi connectivity index (χ0) is 23.5. The van der Waals surface area contributed by atoms with Crippen LogP contribution in [0.15, 0.2) is 48.5 Å². The van der Waals surface area contributed by atoms with E-state index in [1.807, 2.05) is 41.3 Å². The van der Waals surface area contributed by atoms with Crippen molar-refractivity contribution in [2.75, 3.05) is 19.8 Å². The van der Waals surface area contributed by atoms with Gasteiger partial charge >= 0.3 is 0 Å². The first-order valence-electron chi connectivity index (χ1n) is 12.2. The fourth-order valence-electron chi connectivity index (χ4n) is 4.91. The number of benzene rings is 2. The molecule has 2 unspecified atom stereocenters. The number of ether oxygens (including phenoxy) is 2. The third kappa shape index (κ3) is 4.28. The zero-order valence-electron chi connectivity index (χ0n) is 19.5. The molecule has 0 bridgehead atoms. The summed E-state index contributed by atoms with van der Waals surface area (Å²) in [6, 6.07) is 14.7. The number of phenols is 1. The minimum atomic E-state index is -0.325. The van der Waals surface area contributed by atoms with E-state index >= 15 is 0 Å². The number of rotatable bonds is 9. The van der Waals surface area contributed by atoms with Gasteiger partial charge in [0.25, 0.3) is 5.91 Å². The van der Waals surface area contributed by atoms with Crippen LogP contribution >= 0.6 is 0 Å². The molecule has 2 aliphatic heterocycles. The number of hydrogen-bond acceptors (Lipinski definition) is 5. The standard InChI is InChI=1S/C27H31N3O4/c1-2-3-6-15-33-19-13-11-18(12-14-19)26-23-24(21-9-4-5-10-22(21)31)28-29-25(23)27(32)30(26)17-20-8-7-16-34-20/h4-5,9-14,20,26,31H,2-3,6-8,15-17H2,1H3,(H,28,29). The highest BCUT2D eigenvalue weighted by Gasteiger charge is 2.43. The van der Waals surface area contributed by atoms with Crippen LogP contribution in [0.5, 0.6) is 11.5 Å². The van der Waals surface area contributed by atoms with Crippen LogP contribution in [0.25, 0.3) is 11.3 Å². The molecule has 2 N–H and O–H groups in total. The monoisotopic (exact) mass is 461 g/mol. The van der Waals surface area contributed by atoms with Crippen LogP contribution in [0.3, 0.4) is 0 Å². The highest BCUT2D eigenvalue weighted by molar-refractivity contribution is 6.00. The third-order valence-electron chi connectivity index (χ3n) is 6.66. The summed E-state index contributed by atoms with van der Waals surface area (Å²) in [6.45, 7) is 4.12. The molecule has 1 fully saturated rings. The summed E-state index contributed by atoms with van der Waals surface area (Å²) >= 11 is 0. The normalized spacial score (nSPS) is 19.6. The molecular formula is C27H31N3O4. The van der Waals surface area contributed by atoms with Gasteiger partial charge < -0.3 is 19.5 Å². The summed E-state index contributed by atoms with van der Waals surface area (Å²) in [7, 11) is 0. The van der Waals surface area contributed by atoms with Gasteiger partial charge in [-0.3, -0.25) is 9.89 Å². The maximum atomic E-state index is 13.5. The molecule has 7 nitrogen and oxygen atoms in total. The van der Waals surface area contributed by atoms with E-state index < -0.39 is 0 Å². The third-order valence-corrected chi connectivity index (χ3v) is 6.66. The Bertz CT molecular complexity index is 1140. The molecule has 2 aliphatic rings. The molecule has 2 aromatic carbocycles. The van der Waals surface area contributed by atoms with Crippen molar-refractivity contribution in [1.82, 2.24) is 15.1 Å². The molecule has 0 spiro atoms. The van der Waals surface area contributed by atoms with Gasteiger partial charge in [0, 0.05) is 24.3 Å². The second-order valence-corrected chi connectivity index (χ2v) is 9.00. The number of nitrogens with one attached hydrogen (secondary N) is 1. The minimum absolute atomic E-state index is 0.0261. The van der Waals surface area contributed by atoms with Gasteiger partial charge in [-0.1, -0.05) is 44.0 Å². The van der Waals surface area contributed by atoms with Crippen LogP contribution in [0.2, 0.25) is 0 Å². The lowest BCUT2D eigenvalue weighted by molar-refractivity contribution is 0.0495. The van der Waals surface area contributed by atoms with Crippen molar-refractivity contribution >= 4 is 5.91 Å². The summed E-state index contributed by atoms with van der Waals surface area (Å²) in [4.78, 5) is 15.4. The smallest absolute Gasteiger partial charge is 0.273 e. The molecule has 2 atom stereocenters. The number of phenolic OH excluding ortho intramolecular Hbond substituents is 1. The SMILES string of the molecule is CCCCCOc1ccc(C2c3c(-c4ccccc4O)n[nH]c3C(=O)N2CC2CCCO2)cc1. The predicted octanol–water partition coefficient (Wildman–Crippen LogP) is 5.08. The Morgan fingerprint density at radius 1 is 1.18 bits per heavy atom. The number of unbranched alkanes of at least 4 members (excludes halogenated alkanes) is 2. The summed E-state index contributed by atoms with van der Waals surface area (Å²) < 4.78 is 11.8. The van der Waals surface area contributed by atoms with E-state index in [9.17, 15) is 9.90 Å². The van der Waals surface area contributed by atoms with E-state index in [0.717, 1.165) is 55.6 Å². The predicted molar refractivity (Wildman–Crippen MR) is 129 cm³/mol.